The maximum absolute atomic E-state index is 4.27. The van der Waals surface area contributed by atoms with Gasteiger partial charge in [0.1, 0.15) is 5.33 Å². The number of amidine groups is 1. The lowest BCUT2D eigenvalue weighted by Gasteiger charge is -1.68. The molecule has 54 valence electrons. The van der Waals surface area contributed by atoms with Gasteiger partial charge in [-0.05, 0) is 11.1 Å². The third-order valence-corrected chi connectivity index (χ3v) is 2.00. The van der Waals surface area contributed by atoms with E-state index >= 15 is 0 Å². The summed E-state index contributed by atoms with van der Waals surface area (Å²) in [4.78, 5) is 4.27. The predicted octanol–water partition coefficient (Wildman–Crippen LogP) is -0.200. The summed E-state index contributed by atoms with van der Waals surface area (Å²) in [7, 11) is 0. The second kappa shape index (κ2) is 2.61. The van der Waals surface area contributed by atoms with Crippen LogP contribution in [0, 0.1) is 0 Å². The fraction of sp³-hybridized carbons (Fsp3) is 0.125. The standard InChI is InChI=1S/C8H6BrN2/c9-5-8-10-6-3-1-2-4-7(6)11-8/h1-4H,5H2/q+1. The number of hydrogen-bond acceptors (Lipinski definition) is 1. The minimum Gasteiger partial charge on any atom is -0.199 e. The van der Waals surface area contributed by atoms with Crippen LogP contribution < -0.4 is 15.4 Å². The van der Waals surface area contributed by atoms with E-state index in [0.717, 1.165) is 21.9 Å². The zero-order valence-electron chi connectivity index (χ0n) is 5.79. The van der Waals surface area contributed by atoms with Crippen molar-refractivity contribution in [3.63, 3.8) is 0 Å². The molecule has 1 aromatic carbocycles. The van der Waals surface area contributed by atoms with Gasteiger partial charge >= 0.3 is 5.84 Å². The number of alkyl halides is 1. The predicted molar refractivity (Wildman–Crippen MR) is 47.3 cm³/mol. The highest BCUT2D eigenvalue weighted by molar-refractivity contribution is 9.09. The van der Waals surface area contributed by atoms with Gasteiger partial charge in [0.05, 0.1) is 0 Å². The highest BCUT2D eigenvalue weighted by Gasteiger charge is 2.12. The summed E-state index contributed by atoms with van der Waals surface area (Å²) < 4.78 is 4.27. The van der Waals surface area contributed by atoms with Crippen molar-refractivity contribution in [2.45, 2.75) is 0 Å². The van der Waals surface area contributed by atoms with Crippen molar-refractivity contribution in [2.24, 2.45) is 4.99 Å². The molecule has 0 aromatic heterocycles. The highest BCUT2D eigenvalue weighted by atomic mass is 79.9. The maximum Gasteiger partial charge on any atom is 0.402 e. The van der Waals surface area contributed by atoms with Crippen LogP contribution in [0.2, 0.25) is 0 Å². The van der Waals surface area contributed by atoms with Gasteiger partial charge in [0.25, 0.3) is 5.36 Å². The Balaban J connectivity index is 2.78. The van der Waals surface area contributed by atoms with Crippen LogP contribution in [0.5, 0.6) is 0 Å². The highest BCUT2D eigenvalue weighted by Crippen LogP contribution is 1.83. The molecular formula is C8H6BrN2+. The first kappa shape index (κ1) is 6.77. The summed E-state index contributed by atoms with van der Waals surface area (Å²) in [5.74, 6) is 0.853. The molecule has 0 N–H and O–H groups in total. The van der Waals surface area contributed by atoms with Gasteiger partial charge < -0.3 is 0 Å². The van der Waals surface area contributed by atoms with Crippen molar-refractivity contribution in [1.29, 1.82) is 0 Å². The van der Waals surface area contributed by atoms with Crippen LogP contribution >= 0.6 is 15.9 Å². The average Bonchev–Trinajstić information content (AvgIpc) is 2.46. The van der Waals surface area contributed by atoms with Crippen LogP contribution in [0.1, 0.15) is 0 Å². The van der Waals surface area contributed by atoms with E-state index in [0.29, 0.717) is 0 Å². The number of fused-ring (bicyclic) bond motifs is 1. The van der Waals surface area contributed by atoms with Crippen LogP contribution in [-0.4, -0.2) is 11.2 Å². The SMILES string of the molecule is BrCC1=[N+]=c2ccccc2=N1. The van der Waals surface area contributed by atoms with Gasteiger partial charge in [-0.2, -0.15) is 4.67 Å². The zero-order valence-corrected chi connectivity index (χ0v) is 7.37. The van der Waals surface area contributed by atoms with Crippen molar-refractivity contribution in [3.8, 4) is 0 Å². The van der Waals surface area contributed by atoms with Crippen LogP contribution in [0.25, 0.3) is 0 Å². The second-order valence-electron chi connectivity index (χ2n) is 2.26. The Morgan fingerprint density at radius 2 is 2.18 bits per heavy atom. The molecule has 11 heavy (non-hydrogen) atoms. The first-order chi connectivity index (χ1) is 5.40. The van der Waals surface area contributed by atoms with E-state index in [-0.39, 0.29) is 0 Å². The van der Waals surface area contributed by atoms with Crippen molar-refractivity contribution >= 4 is 21.8 Å². The van der Waals surface area contributed by atoms with Gasteiger partial charge in [-0.3, -0.25) is 0 Å². The lowest BCUT2D eigenvalue weighted by molar-refractivity contribution is 1.33. The van der Waals surface area contributed by atoms with Crippen LogP contribution in [-0.2, 0) is 0 Å². The molecule has 1 heterocycles. The minimum absolute atomic E-state index is 0.724. The number of halogens is 1. The molecule has 0 unspecified atom stereocenters. The van der Waals surface area contributed by atoms with E-state index < -0.39 is 0 Å². The molecule has 1 aliphatic heterocycles. The quantitative estimate of drug-likeness (QED) is 0.453. The van der Waals surface area contributed by atoms with E-state index in [1.807, 2.05) is 24.3 Å². The summed E-state index contributed by atoms with van der Waals surface area (Å²) in [6.45, 7) is 0. The van der Waals surface area contributed by atoms with Crippen molar-refractivity contribution in [2.75, 3.05) is 5.33 Å². The van der Waals surface area contributed by atoms with E-state index in [1.165, 1.54) is 0 Å². The molecule has 0 amide bonds. The first-order valence-corrected chi connectivity index (χ1v) is 4.46. The van der Waals surface area contributed by atoms with Crippen molar-refractivity contribution in [3.05, 3.63) is 35.0 Å². The summed E-state index contributed by atoms with van der Waals surface area (Å²) in [6.07, 6.45) is 0. The fourth-order valence-corrected chi connectivity index (χ4v) is 1.27. The number of hydrogen-bond donors (Lipinski definition) is 0. The third kappa shape index (κ3) is 1.13. The average molecular weight is 210 g/mol. The Hall–Kier alpha value is -0.920. The normalized spacial score (nSPS) is 13.0. The minimum atomic E-state index is 0.724. The van der Waals surface area contributed by atoms with Gasteiger partial charge in [-0.1, -0.05) is 28.1 Å². The fourth-order valence-electron chi connectivity index (χ4n) is 1.02. The smallest absolute Gasteiger partial charge is 0.199 e. The van der Waals surface area contributed by atoms with Gasteiger partial charge in [0.2, 0.25) is 5.36 Å². The molecule has 0 saturated heterocycles. The molecule has 3 heteroatoms. The van der Waals surface area contributed by atoms with Gasteiger partial charge in [0, 0.05) is 6.07 Å². The van der Waals surface area contributed by atoms with E-state index in [1.54, 1.807) is 0 Å². The number of para-hydroxylation sites is 2. The third-order valence-electron chi connectivity index (χ3n) is 1.50. The van der Waals surface area contributed by atoms with Crippen molar-refractivity contribution < 1.29 is 0 Å². The van der Waals surface area contributed by atoms with Gasteiger partial charge in [-0.15, -0.1) is 0 Å². The molecule has 0 atom stereocenters. The molecule has 0 saturated carbocycles. The second-order valence-corrected chi connectivity index (χ2v) is 2.82. The number of nitrogens with zero attached hydrogens (tertiary/aromatic N) is 2. The molecule has 1 aliphatic rings. The van der Waals surface area contributed by atoms with Crippen LogP contribution in [0.4, 0.5) is 0 Å². The van der Waals surface area contributed by atoms with Crippen LogP contribution in [0.15, 0.2) is 29.3 Å². The Kier molecular flexibility index (Phi) is 1.60. The Morgan fingerprint density at radius 1 is 1.36 bits per heavy atom. The lowest BCUT2D eigenvalue weighted by atomic mass is 10.3. The number of rotatable bonds is 1. The topological polar surface area (TPSA) is 26.5 Å². The monoisotopic (exact) mass is 209 g/mol. The Labute approximate surface area is 72.2 Å². The van der Waals surface area contributed by atoms with Gasteiger partial charge in [0.15, 0.2) is 0 Å². The lowest BCUT2D eigenvalue weighted by Crippen LogP contribution is -2.22. The molecule has 0 bridgehead atoms. The molecule has 1 aromatic rings. The van der Waals surface area contributed by atoms with E-state index in [2.05, 4.69) is 25.6 Å². The Bertz CT molecular complexity index is 430. The zero-order chi connectivity index (χ0) is 7.68. The molecular weight excluding hydrogens is 204 g/mol. The maximum atomic E-state index is 4.27. The summed E-state index contributed by atoms with van der Waals surface area (Å²) in [6, 6.07) is 7.87. The molecule has 0 radical (unpaired) electrons. The summed E-state index contributed by atoms with van der Waals surface area (Å²) >= 11 is 3.31. The molecule has 0 fully saturated rings. The van der Waals surface area contributed by atoms with Crippen LogP contribution in [0.3, 0.4) is 0 Å². The Morgan fingerprint density at radius 3 is 2.91 bits per heavy atom. The van der Waals surface area contributed by atoms with E-state index in [4.69, 9.17) is 0 Å². The molecule has 0 aliphatic carbocycles. The summed E-state index contributed by atoms with van der Waals surface area (Å²) in [5, 5.41) is 2.67. The summed E-state index contributed by atoms with van der Waals surface area (Å²) in [5.41, 5.74) is 0. The van der Waals surface area contributed by atoms with Gasteiger partial charge in [-0.25, -0.2) is 0 Å². The molecule has 2 nitrogen and oxygen atoms in total. The number of benzene rings is 1. The van der Waals surface area contributed by atoms with Crippen molar-refractivity contribution in [1.82, 2.24) is 4.67 Å². The molecule has 2 rings (SSSR count). The largest absolute Gasteiger partial charge is 0.402 e. The van der Waals surface area contributed by atoms with E-state index in [9.17, 15) is 0 Å². The first-order valence-electron chi connectivity index (χ1n) is 3.34. The molecule has 0 spiro atoms.